The monoisotopic (exact) mass is 135 g/mol. The van der Waals surface area contributed by atoms with Crippen LogP contribution in [0.5, 0.6) is 0 Å². The van der Waals surface area contributed by atoms with E-state index in [1.54, 1.807) is 0 Å². The summed E-state index contributed by atoms with van der Waals surface area (Å²) in [5.41, 5.74) is 0. The van der Waals surface area contributed by atoms with E-state index in [0.29, 0.717) is 6.04 Å². The molecule has 48 valence electrons. The van der Waals surface area contributed by atoms with Crippen molar-refractivity contribution >= 4 is 10.7 Å². The Labute approximate surface area is 50.2 Å². The lowest BCUT2D eigenvalue weighted by molar-refractivity contribution is 0.561. The molecule has 0 aromatic heterocycles. The highest BCUT2D eigenvalue weighted by molar-refractivity contribution is 7.72. The lowest BCUT2D eigenvalue weighted by atomic mass is 10.6. The van der Waals surface area contributed by atoms with E-state index in [-0.39, 0.29) is 5.88 Å². The van der Waals surface area contributed by atoms with Crippen molar-refractivity contribution in [2.24, 2.45) is 0 Å². The maximum atomic E-state index is 9.99. The summed E-state index contributed by atoms with van der Waals surface area (Å²) in [7, 11) is -2.18. The fourth-order valence-corrected chi connectivity index (χ4v) is 1.33. The zero-order valence-corrected chi connectivity index (χ0v) is 5.60. The lowest BCUT2D eigenvalue weighted by Gasteiger charge is -1.87. The molecule has 1 saturated heterocycles. The Bertz CT molecular complexity index is 146. The van der Waals surface area contributed by atoms with Gasteiger partial charge in [0.15, 0.2) is 10.7 Å². The van der Waals surface area contributed by atoms with Gasteiger partial charge in [0.2, 0.25) is 0 Å². The zero-order chi connectivity index (χ0) is 6.15. The van der Waals surface area contributed by atoms with Crippen LogP contribution < -0.4 is 0 Å². The van der Waals surface area contributed by atoms with Gasteiger partial charge in [-0.25, -0.2) is 8.42 Å². The molecule has 0 N–H and O–H groups in total. The minimum absolute atomic E-state index is 0.247. The summed E-state index contributed by atoms with van der Waals surface area (Å²) >= 11 is 0. The van der Waals surface area contributed by atoms with E-state index in [9.17, 15) is 8.42 Å². The molecule has 1 aliphatic rings. The highest BCUT2D eigenvalue weighted by Gasteiger charge is 2.28. The van der Waals surface area contributed by atoms with Crippen molar-refractivity contribution in [3.05, 3.63) is 0 Å². The molecule has 0 aliphatic carbocycles. The predicted octanol–water partition coefficient (Wildman–Crippen LogP) is -0.741. The molecule has 1 heterocycles. The SMILES string of the molecule is CC1C[N@]1C[SH](=O)=O. The van der Waals surface area contributed by atoms with Crippen molar-refractivity contribution in [3.8, 4) is 0 Å². The molecule has 0 bridgehead atoms. The number of hydrogen-bond acceptors (Lipinski definition) is 3. The average molecular weight is 135 g/mol. The summed E-state index contributed by atoms with van der Waals surface area (Å²) in [4.78, 5) is 1.89. The van der Waals surface area contributed by atoms with E-state index in [0.717, 1.165) is 6.54 Å². The van der Waals surface area contributed by atoms with Gasteiger partial charge >= 0.3 is 0 Å². The molecule has 1 aliphatic heterocycles. The van der Waals surface area contributed by atoms with Gasteiger partial charge in [0, 0.05) is 12.6 Å². The first kappa shape index (κ1) is 6.04. The molecule has 0 radical (unpaired) electrons. The van der Waals surface area contributed by atoms with Crippen molar-refractivity contribution in [2.75, 3.05) is 12.4 Å². The molecule has 0 aromatic rings. The van der Waals surface area contributed by atoms with Crippen LogP contribution in [0.2, 0.25) is 0 Å². The van der Waals surface area contributed by atoms with Crippen LogP contribution in [0.3, 0.4) is 0 Å². The highest BCUT2D eigenvalue weighted by Crippen LogP contribution is 2.13. The van der Waals surface area contributed by atoms with Crippen LogP contribution in [0.15, 0.2) is 0 Å². The van der Waals surface area contributed by atoms with Gasteiger partial charge in [-0.2, -0.15) is 0 Å². The smallest absolute Gasteiger partial charge is 0.153 e. The van der Waals surface area contributed by atoms with Crippen molar-refractivity contribution in [3.63, 3.8) is 0 Å². The van der Waals surface area contributed by atoms with Gasteiger partial charge in [0.25, 0.3) is 0 Å². The number of nitrogens with zero attached hydrogens (tertiary/aromatic N) is 1. The average Bonchev–Trinajstić information content (AvgIpc) is 2.17. The maximum absolute atomic E-state index is 9.99. The lowest BCUT2D eigenvalue weighted by Crippen LogP contribution is -2.02. The van der Waals surface area contributed by atoms with Gasteiger partial charge in [-0.1, -0.05) is 0 Å². The quantitative estimate of drug-likeness (QED) is 0.400. The van der Waals surface area contributed by atoms with Gasteiger partial charge < -0.3 is 0 Å². The zero-order valence-electron chi connectivity index (χ0n) is 4.70. The van der Waals surface area contributed by atoms with Crippen molar-refractivity contribution < 1.29 is 8.42 Å². The third-order valence-corrected chi connectivity index (χ3v) is 1.88. The van der Waals surface area contributed by atoms with E-state index < -0.39 is 10.7 Å². The molecular formula is C4H9NO2S. The minimum atomic E-state index is -2.18. The molecule has 4 heteroatoms. The molecule has 0 saturated carbocycles. The molecule has 3 nitrogen and oxygen atoms in total. The largest absolute Gasteiger partial charge is 0.284 e. The first-order valence-electron chi connectivity index (χ1n) is 2.56. The topological polar surface area (TPSA) is 37.1 Å². The number of hydrogen-bond donors (Lipinski definition) is 1. The predicted molar refractivity (Wildman–Crippen MR) is 31.3 cm³/mol. The first-order valence-corrected chi connectivity index (χ1v) is 3.92. The van der Waals surface area contributed by atoms with E-state index in [2.05, 4.69) is 0 Å². The van der Waals surface area contributed by atoms with Crippen molar-refractivity contribution in [1.82, 2.24) is 4.90 Å². The van der Waals surface area contributed by atoms with Crippen LogP contribution in [0.4, 0.5) is 0 Å². The number of rotatable bonds is 2. The first-order chi connectivity index (χ1) is 3.70. The van der Waals surface area contributed by atoms with Crippen LogP contribution in [0.25, 0.3) is 0 Å². The Morgan fingerprint density at radius 1 is 1.75 bits per heavy atom. The van der Waals surface area contributed by atoms with Gasteiger partial charge in [0.1, 0.15) is 0 Å². The van der Waals surface area contributed by atoms with Crippen molar-refractivity contribution in [1.29, 1.82) is 0 Å². The van der Waals surface area contributed by atoms with E-state index in [1.807, 2.05) is 11.8 Å². The third-order valence-electron chi connectivity index (χ3n) is 1.29. The standard InChI is InChI=1S/C4H9NO2S/c1-4-2-5(4)3-8(6)7/h4,8H,2-3H2,1H3/t4?,5-/m1/s1. The molecule has 0 amide bonds. The summed E-state index contributed by atoms with van der Waals surface area (Å²) in [6, 6.07) is 0.503. The van der Waals surface area contributed by atoms with Crippen LogP contribution >= 0.6 is 0 Å². The number of thiol groups is 1. The van der Waals surface area contributed by atoms with Crippen LogP contribution in [0, 0.1) is 0 Å². The highest BCUT2D eigenvalue weighted by atomic mass is 32.2. The molecule has 1 unspecified atom stereocenters. The van der Waals surface area contributed by atoms with E-state index in [1.165, 1.54) is 0 Å². The van der Waals surface area contributed by atoms with E-state index in [4.69, 9.17) is 0 Å². The second-order valence-corrected chi connectivity index (χ2v) is 3.04. The normalized spacial score (nSPS) is 35.8. The maximum Gasteiger partial charge on any atom is 0.153 e. The Hall–Kier alpha value is -0.0900. The molecule has 8 heavy (non-hydrogen) atoms. The van der Waals surface area contributed by atoms with Crippen LogP contribution in [0.1, 0.15) is 6.92 Å². The Morgan fingerprint density at radius 3 is 2.38 bits per heavy atom. The molecular weight excluding hydrogens is 126 g/mol. The fraction of sp³-hybridized carbons (Fsp3) is 1.00. The Kier molecular flexibility index (Phi) is 1.53. The molecule has 0 aromatic carbocycles. The van der Waals surface area contributed by atoms with E-state index >= 15 is 0 Å². The van der Waals surface area contributed by atoms with Gasteiger partial charge in [-0.05, 0) is 6.92 Å². The summed E-state index contributed by atoms with van der Waals surface area (Å²) in [6.07, 6.45) is 0. The van der Waals surface area contributed by atoms with Gasteiger partial charge in [0.05, 0.1) is 5.88 Å². The van der Waals surface area contributed by atoms with Crippen LogP contribution in [-0.4, -0.2) is 31.8 Å². The van der Waals surface area contributed by atoms with Gasteiger partial charge in [-0.3, -0.25) is 4.90 Å². The Morgan fingerprint density at radius 2 is 2.25 bits per heavy atom. The summed E-state index contributed by atoms with van der Waals surface area (Å²) < 4.78 is 20.0. The molecule has 1 fully saturated rings. The Balaban J connectivity index is 2.23. The summed E-state index contributed by atoms with van der Waals surface area (Å²) in [5, 5.41) is 0. The van der Waals surface area contributed by atoms with Crippen LogP contribution in [-0.2, 0) is 10.7 Å². The summed E-state index contributed by atoms with van der Waals surface area (Å²) in [6.45, 7) is 2.96. The molecule has 1 rings (SSSR count). The fourth-order valence-electron chi connectivity index (χ4n) is 0.638. The van der Waals surface area contributed by atoms with Gasteiger partial charge in [-0.15, -0.1) is 0 Å². The molecule has 0 spiro atoms. The third kappa shape index (κ3) is 1.45. The minimum Gasteiger partial charge on any atom is -0.284 e. The summed E-state index contributed by atoms with van der Waals surface area (Å²) in [5.74, 6) is 0.247. The second kappa shape index (κ2) is 2.03. The molecule has 2 atom stereocenters. The van der Waals surface area contributed by atoms with Crippen molar-refractivity contribution in [2.45, 2.75) is 13.0 Å². The second-order valence-electron chi connectivity index (χ2n) is 2.09.